The summed E-state index contributed by atoms with van der Waals surface area (Å²) in [4.78, 5) is 21.0. The third kappa shape index (κ3) is 5.81. The topological polar surface area (TPSA) is 62.5 Å². The molecule has 1 saturated heterocycles. The van der Waals surface area contributed by atoms with Gasteiger partial charge in [0, 0.05) is 44.8 Å². The van der Waals surface area contributed by atoms with Crippen molar-refractivity contribution < 1.29 is 4.79 Å². The summed E-state index contributed by atoms with van der Waals surface area (Å²) in [5.74, 6) is 0.499. The molecular formula is C27H32N4O. The highest BCUT2D eigenvalue weighted by atomic mass is 16.1. The van der Waals surface area contributed by atoms with E-state index in [1.807, 2.05) is 12.1 Å². The number of carbonyl (C=O) groups excluding carboxylic acids is 1. The predicted octanol–water partition coefficient (Wildman–Crippen LogP) is 3.78. The lowest BCUT2D eigenvalue weighted by Gasteiger charge is -2.35. The number of rotatable bonds is 8. The van der Waals surface area contributed by atoms with Gasteiger partial charge in [-0.25, -0.2) is 4.98 Å². The van der Waals surface area contributed by atoms with E-state index in [1.165, 1.54) is 11.1 Å². The van der Waals surface area contributed by atoms with Crippen LogP contribution in [0, 0.1) is 6.92 Å². The number of hydrogen-bond acceptors (Lipinski definition) is 5. The number of nitrogens with zero attached hydrogens (tertiary/aromatic N) is 3. The number of aryl methyl sites for hydroxylation is 1. The molecule has 4 rings (SSSR count). The fourth-order valence-corrected chi connectivity index (χ4v) is 4.26. The van der Waals surface area contributed by atoms with E-state index in [9.17, 15) is 4.79 Å². The average Bonchev–Trinajstić information content (AvgIpc) is 2.83. The normalized spacial score (nSPS) is 16.0. The van der Waals surface area contributed by atoms with Crippen LogP contribution in [0.2, 0.25) is 0 Å². The van der Waals surface area contributed by atoms with Crippen molar-refractivity contribution in [2.75, 3.05) is 45.0 Å². The minimum atomic E-state index is -0.0462. The maximum atomic E-state index is 11.7. The lowest BCUT2D eigenvalue weighted by atomic mass is 9.98. The first kappa shape index (κ1) is 22.2. The summed E-state index contributed by atoms with van der Waals surface area (Å²) < 4.78 is 0. The number of aromatic nitrogens is 1. The molecule has 0 radical (unpaired) electrons. The van der Waals surface area contributed by atoms with Crippen LogP contribution >= 0.6 is 0 Å². The van der Waals surface area contributed by atoms with Gasteiger partial charge in [-0.15, -0.1) is 0 Å². The van der Waals surface area contributed by atoms with Crippen LogP contribution in [0.5, 0.6) is 0 Å². The van der Waals surface area contributed by atoms with Gasteiger partial charge in [-0.05, 0) is 36.6 Å². The Morgan fingerprint density at radius 1 is 0.938 bits per heavy atom. The van der Waals surface area contributed by atoms with E-state index in [0.717, 1.165) is 68.8 Å². The van der Waals surface area contributed by atoms with Gasteiger partial charge in [0.25, 0.3) is 0 Å². The number of pyridine rings is 1. The lowest BCUT2D eigenvalue weighted by molar-refractivity contribution is -0.109. The molecule has 0 aliphatic carbocycles. The molecule has 0 saturated carbocycles. The number of piperazine rings is 1. The van der Waals surface area contributed by atoms with E-state index in [0.29, 0.717) is 5.82 Å². The van der Waals surface area contributed by atoms with Crippen LogP contribution in [0.15, 0.2) is 66.7 Å². The maximum absolute atomic E-state index is 11.7. The molecular weight excluding hydrogens is 396 g/mol. The van der Waals surface area contributed by atoms with Crippen molar-refractivity contribution in [3.63, 3.8) is 0 Å². The van der Waals surface area contributed by atoms with Crippen LogP contribution in [0.4, 0.5) is 5.82 Å². The Kier molecular flexibility index (Phi) is 7.30. The zero-order valence-electron chi connectivity index (χ0n) is 18.8. The minimum absolute atomic E-state index is 0.0462. The van der Waals surface area contributed by atoms with Gasteiger partial charge in [-0.2, -0.15) is 0 Å². The second-order valence-corrected chi connectivity index (χ2v) is 8.69. The molecule has 1 fully saturated rings. The highest BCUT2D eigenvalue weighted by Gasteiger charge is 2.20. The molecule has 5 nitrogen and oxygen atoms in total. The second kappa shape index (κ2) is 10.5. The summed E-state index contributed by atoms with van der Waals surface area (Å²) in [6, 6.07) is 22.7. The molecule has 0 amide bonds. The first-order valence-corrected chi connectivity index (χ1v) is 11.4. The summed E-state index contributed by atoms with van der Waals surface area (Å²) in [7, 11) is 0. The van der Waals surface area contributed by atoms with E-state index in [4.69, 9.17) is 5.73 Å². The van der Waals surface area contributed by atoms with Crippen LogP contribution in [0.25, 0.3) is 11.3 Å². The van der Waals surface area contributed by atoms with Gasteiger partial charge in [0.1, 0.15) is 12.1 Å². The number of aldehydes is 1. The zero-order chi connectivity index (χ0) is 22.3. The van der Waals surface area contributed by atoms with E-state index in [-0.39, 0.29) is 5.92 Å². The maximum Gasteiger partial charge on any atom is 0.128 e. The minimum Gasteiger partial charge on any atom is -0.384 e. The predicted molar refractivity (Wildman–Crippen MR) is 131 cm³/mol. The second-order valence-electron chi connectivity index (χ2n) is 8.69. The molecule has 0 bridgehead atoms. The smallest absolute Gasteiger partial charge is 0.128 e. The first-order valence-electron chi connectivity index (χ1n) is 11.4. The monoisotopic (exact) mass is 428 g/mol. The number of anilines is 1. The van der Waals surface area contributed by atoms with Crippen LogP contribution < -0.4 is 5.73 Å². The third-order valence-corrected chi connectivity index (χ3v) is 6.33. The van der Waals surface area contributed by atoms with E-state index in [2.05, 4.69) is 70.2 Å². The van der Waals surface area contributed by atoms with Gasteiger partial charge in [0.2, 0.25) is 0 Å². The molecule has 1 aliphatic rings. The SMILES string of the molecule is Cc1ccc(C(C=O)CN2CCN(CCc3ccc(-c4cccc(N)n4)cc3)CC2)cc1. The van der Waals surface area contributed by atoms with E-state index in [1.54, 1.807) is 6.07 Å². The van der Waals surface area contributed by atoms with Gasteiger partial charge in [0.15, 0.2) is 0 Å². The highest BCUT2D eigenvalue weighted by Crippen LogP contribution is 2.20. The zero-order valence-corrected chi connectivity index (χ0v) is 18.8. The molecule has 5 heteroatoms. The Morgan fingerprint density at radius 2 is 1.62 bits per heavy atom. The molecule has 1 atom stereocenters. The molecule has 1 aromatic heterocycles. The van der Waals surface area contributed by atoms with Crippen molar-refractivity contribution in [1.29, 1.82) is 0 Å². The first-order chi connectivity index (χ1) is 15.6. The standard InChI is InChI=1S/C27H32N4O/c1-21-5-9-23(10-6-21)25(20-32)19-31-17-15-30(16-18-31)14-13-22-7-11-24(12-8-22)26-3-2-4-27(28)29-26/h2-12,20,25H,13-19H2,1H3,(H2,28,29). The highest BCUT2D eigenvalue weighted by molar-refractivity contribution is 5.62. The molecule has 32 heavy (non-hydrogen) atoms. The van der Waals surface area contributed by atoms with Gasteiger partial charge >= 0.3 is 0 Å². The molecule has 2 N–H and O–H groups in total. The fraction of sp³-hybridized carbons (Fsp3) is 0.333. The number of nitrogens with two attached hydrogens (primary N) is 1. The van der Waals surface area contributed by atoms with Crippen molar-refractivity contribution in [1.82, 2.24) is 14.8 Å². The number of hydrogen-bond donors (Lipinski definition) is 1. The molecule has 166 valence electrons. The molecule has 3 aromatic rings. The third-order valence-electron chi connectivity index (χ3n) is 6.33. The van der Waals surface area contributed by atoms with Crippen molar-refractivity contribution in [2.24, 2.45) is 0 Å². The van der Waals surface area contributed by atoms with Gasteiger partial charge in [0.05, 0.1) is 11.6 Å². The van der Waals surface area contributed by atoms with E-state index < -0.39 is 0 Å². The summed E-state index contributed by atoms with van der Waals surface area (Å²) in [5.41, 5.74) is 11.5. The summed E-state index contributed by atoms with van der Waals surface area (Å²) >= 11 is 0. The van der Waals surface area contributed by atoms with E-state index >= 15 is 0 Å². The van der Waals surface area contributed by atoms with Crippen LogP contribution in [-0.4, -0.2) is 60.3 Å². The molecule has 0 spiro atoms. The largest absolute Gasteiger partial charge is 0.384 e. The Bertz CT molecular complexity index is 1010. The Labute approximate surface area is 190 Å². The van der Waals surface area contributed by atoms with Gasteiger partial charge in [-0.3, -0.25) is 4.90 Å². The van der Waals surface area contributed by atoms with Crippen LogP contribution in [-0.2, 0) is 11.2 Å². The molecule has 2 aromatic carbocycles. The molecule has 2 heterocycles. The quantitative estimate of drug-likeness (QED) is 0.553. The number of carbonyl (C=O) groups is 1. The van der Waals surface area contributed by atoms with Gasteiger partial charge in [-0.1, -0.05) is 60.2 Å². The number of benzene rings is 2. The Balaban J connectivity index is 1.23. The van der Waals surface area contributed by atoms with Crippen molar-refractivity contribution in [3.05, 3.63) is 83.4 Å². The average molecular weight is 429 g/mol. The summed E-state index contributed by atoms with van der Waals surface area (Å²) in [6.45, 7) is 8.05. The van der Waals surface area contributed by atoms with Crippen LogP contribution in [0.3, 0.4) is 0 Å². The summed E-state index contributed by atoms with van der Waals surface area (Å²) in [6.07, 6.45) is 2.13. The number of nitrogen functional groups attached to an aromatic ring is 1. The molecule has 1 aliphatic heterocycles. The van der Waals surface area contributed by atoms with Crippen molar-refractivity contribution >= 4 is 12.1 Å². The Hall–Kier alpha value is -3.02. The van der Waals surface area contributed by atoms with Crippen LogP contribution in [0.1, 0.15) is 22.6 Å². The lowest BCUT2D eigenvalue weighted by Crippen LogP contribution is -2.48. The van der Waals surface area contributed by atoms with Crippen molar-refractivity contribution in [3.8, 4) is 11.3 Å². The fourth-order valence-electron chi connectivity index (χ4n) is 4.26. The van der Waals surface area contributed by atoms with Crippen molar-refractivity contribution in [2.45, 2.75) is 19.3 Å². The Morgan fingerprint density at radius 3 is 2.28 bits per heavy atom. The summed E-state index contributed by atoms with van der Waals surface area (Å²) in [5, 5.41) is 0. The van der Waals surface area contributed by atoms with Gasteiger partial charge < -0.3 is 15.4 Å². The molecule has 1 unspecified atom stereocenters.